The second kappa shape index (κ2) is 11.4. The summed E-state index contributed by atoms with van der Waals surface area (Å²) in [6, 6.07) is 5.24. The number of rotatable bonds is 8. The molecule has 9 heteroatoms. The van der Waals surface area contributed by atoms with Gasteiger partial charge in [0, 0.05) is 51.2 Å². The van der Waals surface area contributed by atoms with Crippen LogP contribution in [0.15, 0.2) is 12.1 Å². The molecule has 2 saturated heterocycles. The van der Waals surface area contributed by atoms with E-state index < -0.39 is 0 Å². The first-order valence-corrected chi connectivity index (χ1v) is 12.8. The topological polar surface area (TPSA) is 91.0 Å². The zero-order valence-corrected chi connectivity index (χ0v) is 21.5. The Bertz CT molecular complexity index is 1020. The van der Waals surface area contributed by atoms with Crippen LogP contribution >= 0.6 is 0 Å². The first-order chi connectivity index (χ1) is 16.9. The van der Waals surface area contributed by atoms with E-state index in [-0.39, 0.29) is 17.8 Å². The van der Waals surface area contributed by atoms with E-state index in [4.69, 9.17) is 9.47 Å². The lowest BCUT2D eigenvalue weighted by atomic mass is 9.97. The minimum Gasteiger partial charge on any atom is -0.468 e. The van der Waals surface area contributed by atoms with Crippen molar-refractivity contribution in [1.82, 2.24) is 24.7 Å². The van der Waals surface area contributed by atoms with Crippen LogP contribution in [0.25, 0.3) is 11.0 Å². The zero-order chi connectivity index (χ0) is 24.9. The van der Waals surface area contributed by atoms with Crippen molar-refractivity contribution >= 4 is 22.9 Å². The molecule has 0 saturated carbocycles. The quantitative estimate of drug-likeness (QED) is 0.574. The Labute approximate surface area is 207 Å². The van der Waals surface area contributed by atoms with Crippen LogP contribution in [-0.2, 0) is 20.7 Å². The third kappa shape index (κ3) is 6.13. The number of likely N-dealkylation sites (tertiary alicyclic amines) is 1. The van der Waals surface area contributed by atoms with Crippen molar-refractivity contribution in [2.75, 3.05) is 59.5 Å². The molecule has 0 aliphatic carbocycles. The highest BCUT2D eigenvalue weighted by molar-refractivity contribution is 5.81. The number of hydrogen-bond donors (Lipinski definition) is 1. The van der Waals surface area contributed by atoms with Crippen molar-refractivity contribution in [3.05, 3.63) is 23.3 Å². The van der Waals surface area contributed by atoms with E-state index in [1.165, 1.54) is 0 Å². The molecule has 2 fully saturated rings. The van der Waals surface area contributed by atoms with E-state index in [2.05, 4.69) is 31.9 Å². The highest BCUT2D eigenvalue weighted by Crippen LogP contribution is 2.24. The maximum Gasteiger partial charge on any atom is 0.320 e. The molecular weight excluding hydrogens is 446 g/mol. The number of piperazine rings is 1. The summed E-state index contributed by atoms with van der Waals surface area (Å²) in [7, 11) is 1.60. The second-order valence-corrected chi connectivity index (χ2v) is 9.83. The number of carbonyl (C=O) groups is 2. The van der Waals surface area contributed by atoms with Crippen LogP contribution < -0.4 is 4.74 Å². The third-order valence-electron chi connectivity index (χ3n) is 7.33. The van der Waals surface area contributed by atoms with Crippen LogP contribution in [0.2, 0.25) is 0 Å². The van der Waals surface area contributed by atoms with Gasteiger partial charge in [0.2, 0.25) is 5.91 Å². The van der Waals surface area contributed by atoms with Gasteiger partial charge in [-0.25, -0.2) is 0 Å². The highest BCUT2D eigenvalue weighted by atomic mass is 16.5. The molecule has 0 radical (unpaired) electrons. The van der Waals surface area contributed by atoms with Crippen molar-refractivity contribution in [3.63, 3.8) is 0 Å². The summed E-state index contributed by atoms with van der Waals surface area (Å²) in [5.41, 5.74) is 4.07. The number of nitrogens with one attached hydrogen (secondary N) is 1. The van der Waals surface area contributed by atoms with E-state index in [1.807, 2.05) is 25.7 Å². The van der Waals surface area contributed by atoms with Crippen LogP contribution in [-0.4, -0.2) is 102 Å². The standard InChI is InChI=1S/C26H39N5O4/c1-5-35-23(32)17-29-8-6-21(7-9-29)30-10-12-31(13-11-30)25(33)19(3)15-20-14-18(2)24-22(16-20)27-26(28-24)34-4/h14,16,19,21H,5-13,15,17H2,1-4H3,(H,27,28)/t19-/m1/s1. The minimum absolute atomic E-state index is 0.0747. The number of nitrogens with zero attached hydrogens (tertiary/aromatic N) is 4. The number of amides is 1. The predicted octanol–water partition coefficient (Wildman–Crippen LogP) is 2.23. The van der Waals surface area contributed by atoms with Crippen LogP contribution in [0.1, 0.15) is 37.8 Å². The number of carbonyl (C=O) groups excluding carboxylic acids is 2. The molecule has 0 spiro atoms. The Morgan fingerprint density at radius 1 is 1.14 bits per heavy atom. The summed E-state index contributed by atoms with van der Waals surface area (Å²) in [4.78, 5) is 39.3. The number of piperidine rings is 1. The molecule has 1 N–H and O–H groups in total. The van der Waals surface area contributed by atoms with Gasteiger partial charge in [0.15, 0.2) is 0 Å². The number of aromatic nitrogens is 2. The molecule has 2 aliphatic heterocycles. The molecule has 1 atom stereocenters. The number of H-pyrrole nitrogens is 1. The fourth-order valence-corrected chi connectivity index (χ4v) is 5.45. The SMILES string of the molecule is CCOC(=O)CN1CCC(N2CCN(C(=O)[C@H](C)Cc3cc(C)c4nc(OC)[nH]c4c3)CC2)CC1. The van der Waals surface area contributed by atoms with Crippen molar-refractivity contribution in [3.8, 4) is 6.01 Å². The average Bonchev–Trinajstić information content (AvgIpc) is 3.28. The summed E-state index contributed by atoms with van der Waals surface area (Å²) < 4.78 is 10.3. The van der Waals surface area contributed by atoms with Crippen LogP contribution in [0.3, 0.4) is 0 Å². The normalized spacial score (nSPS) is 19.1. The molecule has 9 nitrogen and oxygen atoms in total. The molecule has 1 aromatic heterocycles. The van der Waals surface area contributed by atoms with Crippen molar-refractivity contribution in [1.29, 1.82) is 0 Å². The molecular formula is C26H39N5O4. The number of ether oxygens (including phenoxy) is 2. The number of benzene rings is 1. The van der Waals surface area contributed by atoms with E-state index in [0.29, 0.717) is 31.6 Å². The van der Waals surface area contributed by atoms with Crippen molar-refractivity contribution in [2.24, 2.45) is 5.92 Å². The summed E-state index contributed by atoms with van der Waals surface area (Å²) >= 11 is 0. The predicted molar refractivity (Wildman–Crippen MR) is 134 cm³/mol. The molecule has 192 valence electrons. The first-order valence-electron chi connectivity index (χ1n) is 12.8. The largest absolute Gasteiger partial charge is 0.468 e. The number of fused-ring (bicyclic) bond motifs is 1. The van der Waals surface area contributed by atoms with Crippen molar-refractivity contribution < 1.29 is 19.1 Å². The number of hydrogen-bond acceptors (Lipinski definition) is 7. The summed E-state index contributed by atoms with van der Waals surface area (Å²) in [5.74, 6) is 0.0229. The Morgan fingerprint density at radius 2 is 1.86 bits per heavy atom. The van der Waals surface area contributed by atoms with E-state index in [0.717, 1.165) is 74.3 Å². The van der Waals surface area contributed by atoms with Gasteiger partial charge in [-0.2, -0.15) is 4.98 Å². The summed E-state index contributed by atoms with van der Waals surface area (Å²) in [5, 5.41) is 0. The van der Waals surface area contributed by atoms with Gasteiger partial charge in [-0.3, -0.25) is 19.4 Å². The van der Waals surface area contributed by atoms with E-state index in [1.54, 1.807) is 7.11 Å². The van der Waals surface area contributed by atoms with Gasteiger partial charge in [-0.1, -0.05) is 13.0 Å². The molecule has 1 amide bonds. The Morgan fingerprint density at radius 3 is 2.51 bits per heavy atom. The molecule has 35 heavy (non-hydrogen) atoms. The maximum atomic E-state index is 13.2. The van der Waals surface area contributed by atoms with E-state index >= 15 is 0 Å². The van der Waals surface area contributed by atoms with Gasteiger partial charge >= 0.3 is 5.97 Å². The fraction of sp³-hybridized carbons (Fsp3) is 0.654. The molecule has 3 heterocycles. The monoisotopic (exact) mass is 485 g/mol. The molecule has 4 rings (SSSR count). The second-order valence-electron chi connectivity index (χ2n) is 9.83. The fourth-order valence-electron chi connectivity index (χ4n) is 5.45. The minimum atomic E-state index is -0.133. The summed E-state index contributed by atoms with van der Waals surface area (Å²) in [6.07, 6.45) is 2.82. The third-order valence-corrected chi connectivity index (χ3v) is 7.33. The van der Waals surface area contributed by atoms with Crippen LogP contribution in [0.4, 0.5) is 0 Å². The average molecular weight is 486 g/mol. The van der Waals surface area contributed by atoms with Gasteiger partial charge in [0.1, 0.15) is 0 Å². The highest BCUT2D eigenvalue weighted by Gasteiger charge is 2.30. The molecule has 0 unspecified atom stereocenters. The lowest BCUT2D eigenvalue weighted by Crippen LogP contribution is -2.55. The van der Waals surface area contributed by atoms with Crippen LogP contribution in [0.5, 0.6) is 6.01 Å². The smallest absolute Gasteiger partial charge is 0.320 e. The van der Waals surface area contributed by atoms with Gasteiger partial charge in [-0.15, -0.1) is 0 Å². The first kappa shape index (κ1) is 25.4. The molecule has 2 aromatic rings. The van der Waals surface area contributed by atoms with Crippen molar-refractivity contribution in [2.45, 2.75) is 46.1 Å². The Hall–Kier alpha value is -2.65. The maximum absolute atomic E-state index is 13.2. The Balaban J connectivity index is 1.25. The number of aryl methyl sites for hydroxylation is 1. The number of esters is 1. The molecule has 0 bridgehead atoms. The molecule has 2 aliphatic rings. The lowest BCUT2D eigenvalue weighted by molar-refractivity contribution is -0.144. The van der Waals surface area contributed by atoms with Gasteiger partial charge in [0.05, 0.1) is 31.3 Å². The number of imidazole rings is 1. The Kier molecular flexibility index (Phi) is 8.28. The lowest BCUT2D eigenvalue weighted by Gasteiger charge is -2.43. The van der Waals surface area contributed by atoms with Gasteiger partial charge < -0.3 is 19.4 Å². The summed E-state index contributed by atoms with van der Waals surface area (Å²) in [6.45, 7) is 12.0. The van der Waals surface area contributed by atoms with E-state index in [9.17, 15) is 9.59 Å². The van der Waals surface area contributed by atoms with Gasteiger partial charge in [0.25, 0.3) is 6.01 Å². The van der Waals surface area contributed by atoms with Crippen LogP contribution in [0, 0.1) is 12.8 Å². The number of methoxy groups -OCH3 is 1. The zero-order valence-electron chi connectivity index (χ0n) is 21.5. The molecule has 1 aromatic carbocycles. The number of aromatic amines is 1. The van der Waals surface area contributed by atoms with Gasteiger partial charge in [-0.05, 0) is 50.3 Å².